The van der Waals surface area contributed by atoms with Gasteiger partial charge in [0.2, 0.25) is 20.2 Å². The molecular formula is C24H24N4O6S2. The second-order valence-electron chi connectivity index (χ2n) is 7.68. The van der Waals surface area contributed by atoms with Gasteiger partial charge in [0, 0.05) is 12.7 Å². The molecule has 0 unspecified atom stereocenters. The number of benzene rings is 2. The molecule has 0 atom stereocenters. The summed E-state index contributed by atoms with van der Waals surface area (Å²) in [6.45, 7) is 3.15. The van der Waals surface area contributed by atoms with Crippen molar-refractivity contribution in [2.24, 2.45) is 9.39 Å². The van der Waals surface area contributed by atoms with Gasteiger partial charge >= 0.3 is 0 Å². The number of fused-ring (bicyclic) bond motifs is 1. The molecule has 10 nitrogen and oxygen atoms in total. The predicted molar refractivity (Wildman–Crippen MR) is 140 cm³/mol. The van der Waals surface area contributed by atoms with Gasteiger partial charge in [0.05, 0.1) is 37.3 Å². The highest BCUT2D eigenvalue weighted by Crippen LogP contribution is 2.32. The molecule has 1 amide bonds. The van der Waals surface area contributed by atoms with Crippen LogP contribution in [0.3, 0.4) is 0 Å². The predicted octanol–water partition coefficient (Wildman–Crippen LogP) is 3.55. The molecule has 2 aliphatic rings. The number of amides is 1. The van der Waals surface area contributed by atoms with E-state index in [-0.39, 0.29) is 21.7 Å². The Morgan fingerprint density at radius 1 is 1.06 bits per heavy atom. The Balaban J connectivity index is 1.47. The first-order valence-corrected chi connectivity index (χ1v) is 13.7. The van der Waals surface area contributed by atoms with Crippen molar-refractivity contribution < 1.29 is 27.4 Å². The average Bonchev–Trinajstić information content (AvgIpc) is 3.28. The van der Waals surface area contributed by atoms with Gasteiger partial charge < -0.3 is 14.2 Å². The van der Waals surface area contributed by atoms with Crippen LogP contribution in [-0.4, -0.2) is 61.5 Å². The molecule has 2 heterocycles. The largest absolute Gasteiger partial charge is 0.493 e. The fraction of sp³-hybridized carbons (Fsp3) is 0.250. The number of carbonyl (C=O) groups is 1. The van der Waals surface area contributed by atoms with Gasteiger partial charge in [0.1, 0.15) is 11.6 Å². The molecule has 2 aromatic carbocycles. The molecule has 0 aliphatic carbocycles. The van der Waals surface area contributed by atoms with E-state index < -0.39 is 15.7 Å². The van der Waals surface area contributed by atoms with E-state index >= 15 is 0 Å². The van der Waals surface area contributed by atoms with Crippen LogP contribution < -0.4 is 14.2 Å². The molecule has 36 heavy (non-hydrogen) atoms. The van der Waals surface area contributed by atoms with Crippen LogP contribution in [-0.2, 0) is 14.6 Å². The fourth-order valence-electron chi connectivity index (χ4n) is 3.35. The summed E-state index contributed by atoms with van der Waals surface area (Å²) in [5, 5.41) is 8.17. The third kappa shape index (κ3) is 5.77. The molecule has 188 valence electrons. The molecule has 2 aliphatic heterocycles. The highest BCUT2D eigenvalue weighted by Gasteiger charge is 2.41. The molecule has 0 spiro atoms. The standard InChI is InChI=1S/C24H24N4O6S2/c1-3-32-20-15-16(10-11-19(20)34-13-7-12-33-17-8-5-4-6-9-17)14-18-21(25)28-23(26-22(18)29)35-27-24(28)36(2,30)31/h4-6,8-11,14-15,25H,3,7,12-13H2,1-2H3/b18-14-,25-21?. The summed E-state index contributed by atoms with van der Waals surface area (Å²) in [7, 11) is -3.72. The summed E-state index contributed by atoms with van der Waals surface area (Å²) in [6.07, 6.45) is 3.12. The monoisotopic (exact) mass is 528 g/mol. The summed E-state index contributed by atoms with van der Waals surface area (Å²) >= 11 is 0.748. The number of rotatable bonds is 9. The van der Waals surface area contributed by atoms with Gasteiger partial charge in [-0.1, -0.05) is 24.3 Å². The Hall–Kier alpha value is -3.64. The number of carbonyl (C=O) groups excluding carboxylic acids is 1. The maximum atomic E-state index is 12.6. The Labute approximate surface area is 213 Å². The van der Waals surface area contributed by atoms with Crippen molar-refractivity contribution in [1.82, 2.24) is 4.90 Å². The Bertz CT molecular complexity index is 1370. The lowest BCUT2D eigenvalue weighted by Gasteiger charge is -2.23. The molecule has 2 aromatic rings. The number of sulfone groups is 1. The molecule has 0 bridgehead atoms. The van der Waals surface area contributed by atoms with Crippen LogP contribution in [0.5, 0.6) is 17.2 Å². The molecule has 0 aromatic heterocycles. The fourth-order valence-corrected chi connectivity index (χ4v) is 5.20. The van der Waals surface area contributed by atoms with E-state index in [2.05, 4.69) is 9.39 Å². The lowest BCUT2D eigenvalue weighted by Crippen LogP contribution is -2.45. The maximum absolute atomic E-state index is 12.6. The van der Waals surface area contributed by atoms with Crippen LogP contribution >= 0.6 is 11.9 Å². The zero-order valence-corrected chi connectivity index (χ0v) is 21.3. The van der Waals surface area contributed by atoms with Crippen molar-refractivity contribution in [3.8, 4) is 17.2 Å². The Morgan fingerprint density at radius 3 is 2.53 bits per heavy atom. The number of nitrogens with one attached hydrogen (secondary N) is 1. The second-order valence-corrected chi connectivity index (χ2v) is 10.3. The number of hydrogen-bond acceptors (Lipinski definition) is 9. The minimum atomic E-state index is -3.72. The Morgan fingerprint density at radius 2 is 1.81 bits per heavy atom. The molecular weight excluding hydrogens is 504 g/mol. The smallest absolute Gasteiger partial charge is 0.283 e. The molecule has 1 N–H and O–H groups in total. The van der Waals surface area contributed by atoms with E-state index in [0.29, 0.717) is 43.3 Å². The lowest BCUT2D eigenvalue weighted by molar-refractivity contribution is -0.114. The zero-order valence-electron chi connectivity index (χ0n) is 19.6. The highest BCUT2D eigenvalue weighted by atomic mass is 32.2. The third-order valence-electron chi connectivity index (χ3n) is 4.96. The molecule has 0 saturated carbocycles. The van der Waals surface area contributed by atoms with Crippen molar-refractivity contribution in [2.75, 3.05) is 26.1 Å². The number of hydrogen-bond donors (Lipinski definition) is 1. The van der Waals surface area contributed by atoms with Crippen molar-refractivity contribution in [1.29, 1.82) is 5.41 Å². The topological polar surface area (TPSA) is 131 Å². The first-order valence-electron chi connectivity index (χ1n) is 11.0. The molecule has 12 heteroatoms. The third-order valence-corrected chi connectivity index (χ3v) is 6.72. The number of amidine groups is 3. The molecule has 0 radical (unpaired) electrons. The molecule has 0 fully saturated rings. The zero-order chi connectivity index (χ0) is 25.7. The summed E-state index contributed by atoms with van der Waals surface area (Å²) < 4.78 is 45.2. The van der Waals surface area contributed by atoms with E-state index in [0.717, 1.165) is 28.9 Å². The van der Waals surface area contributed by atoms with Gasteiger partial charge in [-0.25, -0.2) is 13.3 Å². The van der Waals surface area contributed by atoms with E-state index in [1.54, 1.807) is 18.2 Å². The first kappa shape index (κ1) is 25.5. The van der Waals surface area contributed by atoms with Crippen LogP contribution in [0.1, 0.15) is 18.9 Å². The van der Waals surface area contributed by atoms with Crippen LogP contribution in [0.2, 0.25) is 0 Å². The van der Waals surface area contributed by atoms with Gasteiger partial charge in [-0.2, -0.15) is 9.39 Å². The minimum Gasteiger partial charge on any atom is -0.493 e. The second kappa shape index (κ2) is 11.0. The van der Waals surface area contributed by atoms with E-state index in [1.165, 1.54) is 6.08 Å². The summed E-state index contributed by atoms with van der Waals surface area (Å²) in [5.41, 5.74) is 0.501. The van der Waals surface area contributed by atoms with Gasteiger partial charge in [0.25, 0.3) is 5.91 Å². The molecule has 0 saturated heterocycles. The van der Waals surface area contributed by atoms with Crippen molar-refractivity contribution in [3.05, 3.63) is 59.7 Å². The number of aliphatic imine (C=N–C) groups is 1. The van der Waals surface area contributed by atoms with Crippen LogP contribution in [0.4, 0.5) is 0 Å². The van der Waals surface area contributed by atoms with E-state index in [9.17, 15) is 13.2 Å². The highest BCUT2D eigenvalue weighted by molar-refractivity contribution is 8.16. The number of ether oxygens (including phenoxy) is 3. The van der Waals surface area contributed by atoms with Gasteiger partial charge in [0.15, 0.2) is 11.5 Å². The normalized spacial score (nSPS) is 16.5. The van der Waals surface area contributed by atoms with Crippen LogP contribution in [0, 0.1) is 5.41 Å². The lowest BCUT2D eigenvalue weighted by atomic mass is 10.1. The average molecular weight is 529 g/mol. The number of nitrogens with zero attached hydrogens (tertiary/aromatic N) is 3. The van der Waals surface area contributed by atoms with Crippen molar-refractivity contribution in [3.63, 3.8) is 0 Å². The minimum absolute atomic E-state index is 0.0394. The SMILES string of the molecule is CCOc1cc(/C=C2/C(=N)N3C(=NC2=O)SN=C3S(C)(=O)=O)ccc1OCCCOc1ccccc1. The summed E-state index contributed by atoms with van der Waals surface area (Å²) in [6, 6.07) is 14.7. The van der Waals surface area contributed by atoms with Crippen LogP contribution in [0.15, 0.2) is 63.5 Å². The van der Waals surface area contributed by atoms with E-state index in [1.807, 2.05) is 37.3 Å². The summed E-state index contributed by atoms with van der Waals surface area (Å²) in [4.78, 5) is 17.6. The number of para-hydroxylation sites is 1. The first-order chi connectivity index (χ1) is 17.3. The van der Waals surface area contributed by atoms with Gasteiger partial charge in [-0.15, -0.1) is 0 Å². The maximum Gasteiger partial charge on any atom is 0.283 e. The van der Waals surface area contributed by atoms with Crippen LogP contribution in [0.25, 0.3) is 6.08 Å². The summed E-state index contributed by atoms with van der Waals surface area (Å²) in [5.74, 6) is 0.847. The molecule has 4 rings (SSSR count). The van der Waals surface area contributed by atoms with Gasteiger partial charge in [-0.05, 0) is 42.8 Å². The quantitative estimate of drug-likeness (QED) is 0.297. The van der Waals surface area contributed by atoms with Crippen molar-refractivity contribution in [2.45, 2.75) is 13.3 Å². The van der Waals surface area contributed by atoms with Crippen molar-refractivity contribution >= 4 is 49.9 Å². The van der Waals surface area contributed by atoms with E-state index in [4.69, 9.17) is 19.6 Å². The Kier molecular flexibility index (Phi) is 7.75. The van der Waals surface area contributed by atoms with Gasteiger partial charge in [-0.3, -0.25) is 10.2 Å².